The number of fused-ring (bicyclic) bond motifs is 1. The van der Waals surface area contributed by atoms with E-state index in [1.807, 2.05) is 18.2 Å². The maximum absolute atomic E-state index is 9.79. The molecular formula is C23H24Cl2N4OS. The fourth-order valence-electron chi connectivity index (χ4n) is 4.01. The van der Waals surface area contributed by atoms with Crippen molar-refractivity contribution in [3.63, 3.8) is 0 Å². The SMILES string of the molecule is Oc1c(Cl)cc(-c2ccc3ncc(NC(=S)NCCC4CCCCC4)nc3c2)cc1Cl. The van der Waals surface area contributed by atoms with E-state index < -0.39 is 0 Å². The summed E-state index contributed by atoms with van der Waals surface area (Å²) in [6.07, 6.45) is 9.56. The van der Waals surface area contributed by atoms with Gasteiger partial charge >= 0.3 is 0 Å². The number of thiocarbonyl (C=S) groups is 1. The van der Waals surface area contributed by atoms with Crippen molar-refractivity contribution in [3.05, 3.63) is 46.6 Å². The van der Waals surface area contributed by atoms with Crippen LogP contribution in [0.15, 0.2) is 36.5 Å². The lowest BCUT2D eigenvalue weighted by Crippen LogP contribution is -2.30. The standard InChI is InChI=1S/C23H24Cl2N4OS/c24-17-10-16(11-18(25)22(17)30)15-6-7-19-20(12-15)28-21(13-27-19)29-23(31)26-9-8-14-4-2-1-3-5-14/h6-7,10-14,30H,1-5,8-9H2,(H2,26,28,29,31). The number of nitrogens with one attached hydrogen (secondary N) is 2. The molecule has 31 heavy (non-hydrogen) atoms. The first-order chi connectivity index (χ1) is 15.0. The third-order valence-corrected chi connectivity index (χ3v) is 6.52. The summed E-state index contributed by atoms with van der Waals surface area (Å²) in [5.74, 6) is 1.27. The van der Waals surface area contributed by atoms with Gasteiger partial charge in [-0.3, -0.25) is 4.98 Å². The molecule has 1 heterocycles. The molecule has 8 heteroatoms. The van der Waals surface area contributed by atoms with Gasteiger partial charge in [0.25, 0.3) is 0 Å². The quantitative estimate of drug-likeness (QED) is 0.363. The molecule has 3 aromatic rings. The summed E-state index contributed by atoms with van der Waals surface area (Å²) in [4.78, 5) is 9.11. The van der Waals surface area contributed by atoms with Gasteiger partial charge < -0.3 is 15.7 Å². The molecule has 0 radical (unpaired) electrons. The Bertz CT molecular complexity index is 1080. The summed E-state index contributed by atoms with van der Waals surface area (Å²) in [5.41, 5.74) is 3.14. The lowest BCUT2D eigenvalue weighted by molar-refractivity contribution is 0.339. The second kappa shape index (κ2) is 9.98. The average molecular weight is 475 g/mol. The normalized spacial score (nSPS) is 14.5. The molecule has 1 aliphatic rings. The molecular weight excluding hydrogens is 451 g/mol. The van der Waals surface area contributed by atoms with Gasteiger partial charge in [-0.2, -0.15) is 0 Å². The molecule has 0 saturated heterocycles. The van der Waals surface area contributed by atoms with Crippen molar-refractivity contribution >= 4 is 57.4 Å². The van der Waals surface area contributed by atoms with Crippen LogP contribution in [0.3, 0.4) is 0 Å². The van der Waals surface area contributed by atoms with Gasteiger partial charge in [-0.25, -0.2) is 4.98 Å². The molecule has 0 spiro atoms. The third-order valence-electron chi connectivity index (χ3n) is 5.70. The number of benzene rings is 2. The highest BCUT2D eigenvalue weighted by Crippen LogP contribution is 2.37. The van der Waals surface area contributed by atoms with Crippen molar-refractivity contribution in [2.24, 2.45) is 5.92 Å². The Hall–Kier alpha value is -2.15. The predicted molar refractivity (Wildman–Crippen MR) is 132 cm³/mol. The van der Waals surface area contributed by atoms with Crippen molar-refractivity contribution in [1.29, 1.82) is 0 Å². The molecule has 162 valence electrons. The number of nitrogens with zero attached hydrogens (tertiary/aromatic N) is 2. The highest BCUT2D eigenvalue weighted by atomic mass is 35.5. The Kier molecular flexibility index (Phi) is 7.10. The highest BCUT2D eigenvalue weighted by Gasteiger charge is 2.13. The monoisotopic (exact) mass is 474 g/mol. The van der Waals surface area contributed by atoms with Gasteiger partial charge in [0.05, 0.1) is 27.3 Å². The summed E-state index contributed by atoms with van der Waals surface area (Å²) in [6, 6.07) is 9.05. The number of anilines is 1. The Labute approximate surface area is 197 Å². The number of phenolic OH excluding ortho intramolecular Hbond substituents is 1. The van der Waals surface area contributed by atoms with E-state index in [2.05, 4.69) is 20.6 Å². The molecule has 3 N–H and O–H groups in total. The zero-order chi connectivity index (χ0) is 21.8. The van der Waals surface area contributed by atoms with Crippen molar-refractivity contribution in [2.45, 2.75) is 38.5 Å². The van der Waals surface area contributed by atoms with Gasteiger partial charge in [0.1, 0.15) is 0 Å². The minimum atomic E-state index is -0.122. The van der Waals surface area contributed by atoms with E-state index in [0.29, 0.717) is 16.4 Å². The van der Waals surface area contributed by atoms with E-state index in [4.69, 9.17) is 35.4 Å². The first-order valence-corrected chi connectivity index (χ1v) is 11.7. The third kappa shape index (κ3) is 5.56. The topological polar surface area (TPSA) is 70.1 Å². The minimum absolute atomic E-state index is 0.122. The predicted octanol–water partition coefficient (Wildman–Crippen LogP) is 6.57. The number of halogens is 2. The molecule has 0 aliphatic heterocycles. The Morgan fingerprint density at radius 2 is 1.77 bits per heavy atom. The lowest BCUT2D eigenvalue weighted by atomic mass is 9.87. The molecule has 0 atom stereocenters. The first-order valence-electron chi connectivity index (χ1n) is 10.5. The number of hydrogen-bond acceptors (Lipinski definition) is 4. The molecule has 1 fully saturated rings. The van der Waals surface area contributed by atoms with E-state index >= 15 is 0 Å². The summed E-state index contributed by atoms with van der Waals surface area (Å²) < 4.78 is 0. The van der Waals surface area contributed by atoms with Gasteiger partial charge in [0, 0.05) is 6.54 Å². The minimum Gasteiger partial charge on any atom is -0.505 e. The molecule has 1 aromatic heterocycles. The number of aromatic hydroxyl groups is 1. The van der Waals surface area contributed by atoms with Crippen LogP contribution in [0, 0.1) is 5.92 Å². The van der Waals surface area contributed by atoms with Gasteiger partial charge in [0.15, 0.2) is 16.7 Å². The molecule has 0 unspecified atom stereocenters. The van der Waals surface area contributed by atoms with Crippen LogP contribution in [0.2, 0.25) is 10.0 Å². The number of aromatic nitrogens is 2. The molecule has 1 aliphatic carbocycles. The molecule has 0 amide bonds. The maximum atomic E-state index is 9.79. The largest absolute Gasteiger partial charge is 0.505 e. The number of hydrogen-bond donors (Lipinski definition) is 3. The van der Waals surface area contributed by atoms with Crippen LogP contribution >= 0.6 is 35.4 Å². The maximum Gasteiger partial charge on any atom is 0.171 e. The smallest absolute Gasteiger partial charge is 0.171 e. The van der Waals surface area contributed by atoms with Crippen molar-refractivity contribution in [2.75, 3.05) is 11.9 Å². The fourth-order valence-corrected chi connectivity index (χ4v) is 4.70. The van der Waals surface area contributed by atoms with Crippen LogP contribution in [0.1, 0.15) is 38.5 Å². The summed E-state index contributed by atoms with van der Waals surface area (Å²) in [6.45, 7) is 0.865. The van der Waals surface area contributed by atoms with E-state index in [9.17, 15) is 5.11 Å². The Morgan fingerprint density at radius 3 is 2.52 bits per heavy atom. The van der Waals surface area contributed by atoms with Gasteiger partial charge in [0.2, 0.25) is 0 Å². The van der Waals surface area contributed by atoms with Crippen LogP contribution in [0.5, 0.6) is 5.75 Å². The van der Waals surface area contributed by atoms with Crippen molar-refractivity contribution < 1.29 is 5.11 Å². The van der Waals surface area contributed by atoms with Crippen molar-refractivity contribution in [3.8, 4) is 16.9 Å². The van der Waals surface area contributed by atoms with Crippen molar-refractivity contribution in [1.82, 2.24) is 15.3 Å². The molecule has 1 saturated carbocycles. The summed E-state index contributed by atoms with van der Waals surface area (Å²) in [7, 11) is 0. The average Bonchev–Trinajstić information content (AvgIpc) is 2.77. The summed E-state index contributed by atoms with van der Waals surface area (Å²) >= 11 is 17.6. The van der Waals surface area contributed by atoms with E-state index in [-0.39, 0.29) is 15.8 Å². The fraction of sp³-hybridized carbons (Fsp3) is 0.348. The zero-order valence-electron chi connectivity index (χ0n) is 17.0. The number of rotatable bonds is 5. The molecule has 2 aromatic carbocycles. The van der Waals surface area contributed by atoms with E-state index in [1.165, 1.54) is 32.1 Å². The summed E-state index contributed by atoms with van der Waals surface area (Å²) in [5, 5.41) is 17.2. The van der Waals surface area contributed by atoms with Gasteiger partial charge in [-0.1, -0.05) is 61.4 Å². The molecule has 4 rings (SSSR count). The van der Waals surface area contributed by atoms with E-state index in [0.717, 1.165) is 35.5 Å². The van der Waals surface area contributed by atoms with Crippen LogP contribution in [0.4, 0.5) is 5.82 Å². The van der Waals surface area contributed by atoms with Crippen LogP contribution < -0.4 is 10.6 Å². The number of phenols is 1. The zero-order valence-corrected chi connectivity index (χ0v) is 19.3. The second-order valence-corrected chi connectivity index (χ2v) is 9.14. The molecule has 0 bridgehead atoms. The molecule has 5 nitrogen and oxygen atoms in total. The van der Waals surface area contributed by atoms with Gasteiger partial charge in [-0.05, 0) is 59.9 Å². The lowest BCUT2D eigenvalue weighted by Gasteiger charge is -2.21. The van der Waals surface area contributed by atoms with Crippen LogP contribution in [0.25, 0.3) is 22.2 Å². The Balaban J connectivity index is 1.44. The van der Waals surface area contributed by atoms with Gasteiger partial charge in [-0.15, -0.1) is 0 Å². The van der Waals surface area contributed by atoms with E-state index in [1.54, 1.807) is 18.3 Å². The van der Waals surface area contributed by atoms with Crippen LogP contribution in [-0.4, -0.2) is 26.7 Å². The highest BCUT2D eigenvalue weighted by molar-refractivity contribution is 7.80. The first kappa shape index (κ1) is 22.1. The second-order valence-electron chi connectivity index (χ2n) is 7.92. The van der Waals surface area contributed by atoms with Crippen LogP contribution in [-0.2, 0) is 0 Å². The Morgan fingerprint density at radius 1 is 1.03 bits per heavy atom.